The maximum absolute atomic E-state index is 5.84. The van der Waals surface area contributed by atoms with E-state index in [2.05, 4.69) is 20.1 Å². The lowest BCUT2D eigenvalue weighted by atomic mass is 10.4. The molecule has 0 aromatic carbocycles. The Morgan fingerprint density at radius 3 is 2.56 bits per heavy atom. The molecule has 6 nitrogen and oxygen atoms in total. The molecule has 0 aliphatic rings. The highest BCUT2D eigenvalue weighted by Gasteiger charge is 2.11. The predicted octanol–water partition coefficient (Wildman–Crippen LogP) is 0.991. The van der Waals surface area contributed by atoms with Gasteiger partial charge in [-0.15, -0.1) is 0 Å². The lowest BCUT2D eigenvalue weighted by molar-refractivity contribution is 0.768. The van der Waals surface area contributed by atoms with Crippen molar-refractivity contribution in [2.75, 3.05) is 19.0 Å². The number of hydrogen-bond donors (Lipinski definition) is 0. The van der Waals surface area contributed by atoms with Crippen LogP contribution < -0.4 is 4.90 Å². The Morgan fingerprint density at radius 2 is 2.00 bits per heavy atom. The van der Waals surface area contributed by atoms with Gasteiger partial charge in [-0.05, 0) is 17.7 Å². The lowest BCUT2D eigenvalue weighted by Crippen LogP contribution is -2.14. The Balaban J connectivity index is 2.54. The van der Waals surface area contributed by atoms with Crippen LogP contribution in [0.15, 0.2) is 12.3 Å². The fourth-order valence-corrected chi connectivity index (χ4v) is 1.40. The summed E-state index contributed by atoms with van der Waals surface area (Å²) in [4.78, 5) is 14.2. The standard InChI is InChI=1S/C9H11ClN6/c1-15(2)9-13-7(12-8(10)14-9)6-4-5-11-16(6)3/h4-5H,1-3H3. The first-order valence-electron chi connectivity index (χ1n) is 4.65. The van der Waals surface area contributed by atoms with Crippen molar-refractivity contribution in [3.8, 4) is 11.5 Å². The molecule has 84 valence electrons. The number of rotatable bonds is 2. The first-order chi connectivity index (χ1) is 7.58. The van der Waals surface area contributed by atoms with Gasteiger partial charge in [0, 0.05) is 27.3 Å². The SMILES string of the molecule is CN(C)c1nc(Cl)nc(-c2ccnn2C)n1. The van der Waals surface area contributed by atoms with Crippen LogP contribution in [0.1, 0.15) is 0 Å². The highest BCUT2D eigenvalue weighted by Crippen LogP contribution is 2.17. The third kappa shape index (κ3) is 1.96. The number of aromatic nitrogens is 5. The fraction of sp³-hybridized carbons (Fsp3) is 0.333. The van der Waals surface area contributed by atoms with Crippen molar-refractivity contribution >= 4 is 17.5 Å². The van der Waals surface area contributed by atoms with Gasteiger partial charge < -0.3 is 4.90 Å². The smallest absolute Gasteiger partial charge is 0.229 e. The van der Waals surface area contributed by atoms with Crippen molar-refractivity contribution in [1.29, 1.82) is 0 Å². The topological polar surface area (TPSA) is 59.7 Å². The van der Waals surface area contributed by atoms with Gasteiger partial charge in [-0.3, -0.25) is 4.68 Å². The van der Waals surface area contributed by atoms with Crippen LogP contribution in [0.4, 0.5) is 5.95 Å². The van der Waals surface area contributed by atoms with E-state index in [0.717, 1.165) is 5.69 Å². The van der Waals surface area contributed by atoms with Crippen LogP contribution in [-0.4, -0.2) is 38.8 Å². The molecule has 2 rings (SSSR count). The molecular formula is C9H11ClN6. The van der Waals surface area contributed by atoms with Crippen molar-refractivity contribution < 1.29 is 0 Å². The summed E-state index contributed by atoms with van der Waals surface area (Å²) in [6.07, 6.45) is 1.68. The van der Waals surface area contributed by atoms with E-state index in [1.54, 1.807) is 15.8 Å². The molecule has 16 heavy (non-hydrogen) atoms. The highest BCUT2D eigenvalue weighted by molar-refractivity contribution is 6.28. The first kappa shape index (κ1) is 10.8. The van der Waals surface area contributed by atoms with E-state index in [4.69, 9.17) is 11.6 Å². The minimum Gasteiger partial charge on any atom is -0.347 e. The van der Waals surface area contributed by atoms with Gasteiger partial charge in [0.25, 0.3) is 0 Å². The molecule has 0 N–H and O–H groups in total. The minimum absolute atomic E-state index is 0.176. The molecule has 0 radical (unpaired) electrons. The summed E-state index contributed by atoms with van der Waals surface area (Å²) in [5.74, 6) is 1.04. The van der Waals surface area contributed by atoms with Crippen LogP contribution in [0.3, 0.4) is 0 Å². The average Bonchev–Trinajstić information content (AvgIpc) is 2.63. The summed E-state index contributed by atoms with van der Waals surface area (Å²) in [7, 11) is 5.51. The zero-order valence-corrected chi connectivity index (χ0v) is 9.97. The Hall–Kier alpha value is -1.69. The van der Waals surface area contributed by atoms with Crippen LogP contribution in [0, 0.1) is 0 Å². The zero-order valence-electron chi connectivity index (χ0n) is 9.22. The van der Waals surface area contributed by atoms with Gasteiger partial charge in [-0.25, -0.2) is 0 Å². The van der Waals surface area contributed by atoms with Crippen LogP contribution >= 0.6 is 11.6 Å². The summed E-state index contributed by atoms with van der Waals surface area (Å²) < 4.78 is 1.69. The van der Waals surface area contributed by atoms with E-state index in [9.17, 15) is 0 Å². The number of aryl methyl sites for hydroxylation is 1. The minimum atomic E-state index is 0.176. The van der Waals surface area contributed by atoms with Crippen molar-refractivity contribution in [2.45, 2.75) is 0 Å². The summed E-state index contributed by atoms with van der Waals surface area (Å²) in [5, 5.41) is 4.23. The van der Waals surface area contributed by atoms with Gasteiger partial charge in [0.2, 0.25) is 11.2 Å². The van der Waals surface area contributed by atoms with E-state index in [-0.39, 0.29) is 5.28 Å². The molecule has 0 unspecified atom stereocenters. The van der Waals surface area contributed by atoms with E-state index in [0.29, 0.717) is 11.8 Å². The highest BCUT2D eigenvalue weighted by atomic mass is 35.5. The third-order valence-electron chi connectivity index (χ3n) is 2.05. The van der Waals surface area contributed by atoms with E-state index in [1.165, 1.54) is 0 Å². The molecule has 0 saturated heterocycles. The summed E-state index contributed by atoms with van der Waals surface area (Å²) >= 11 is 5.84. The van der Waals surface area contributed by atoms with Crippen molar-refractivity contribution in [1.82, 2.24) is 24.7 Å². The molecule has 0 spiro atoms. The molecule has 0 aliphatic carbocycles. The monoisotopic (exact) mass is 238 g/mol. The molecule has 0 bridgehead atoms. The molecule has 7 heteroatoms. The predicted molar refractivity (Wildman–Crippen MR) is 61.4 cm³/mol. The molecular weight excluding hydrogens is 228 g/mol. The van der Waals surface area contributed by atoms with Gasteiger partial charge in [-0.2, -0.15) is 20.1 Å². The summed E-state index contributed by atoms with van der Waals surface area (Å²) in [6, 6.07) is 1.82. The molecule has 0 atom stereocenters. The quantitative estimate of drug-likeness (QED) is 0.781. The zero-order chi connectivity index (χ0) is 11.7. The van der Waals surface area contributed by atoms with Crippen molar-refractivity contribution in [2.24, 2.45) is 7.05 Å². The molecule has 0 saturated carbocycles. The van der Waals surface area contributed by atoms with Crippen LogP contribution in [0.2, 0.25) is 5.28 Å². The van der Waals surface area contributed by atoms with Crippen LogP contribution in [-0.2, 0) is 7.05 Å². The average molecular weight is 239 g/mol. The lowest BCUT2D eigenvalue weighted by Gasteiger charge is -2.10. The number of hydrogen-bond acceptors (Lipinski definition) is 5. The summed E-state index contributed by atoms with van der Waals surface area (Å²) in [5.41, 5.74) is 0.799. The van der Waals surface area contributed by atoms with Gasteiger partial charge in [0.05, 0.1) is 0 Å². The molecule has 2 aromatic rings. The number of halogens is 1. The van der Waals surface area contributed by atoms with Crippen LogP contribution in [0.5, 0.6) is 0 Å². The number of anilines is 1. The van der Waals surface area contributed by atoms with E-state index in [1.807, 2.05) is 27.2 Å². The largest absolute Gasteiger partial charge is 0.347 e. The van der Waals surface area contributed by atoms with E-state index < -0.39 is 0 Å². The fourth-order valence-electron chi connectivity index (χ4n) is 1.25. The second-order valence-electron chi connectivity index (χ2n) is 3.46. The molecule has 0 fully saturated rings. The van der Waals surface area contributed by atoms with Crippen molar-refractivity contribution in [3.63, 3.8) is 0 Å². The molecule has 2 aromatic heterocycles. The second-order valence-corrected chi connectivity index (χ2v) is 3.80. The Kier molecular flexibility index (Phi) is 2.74. The maximum Gasteiger partial charge on any atom is 0.229 e. The maximum atomic E-state index is 5.84. The number of nitrogens with zero attached hydrogens (tertiary/aromatic N) is 6. The Bertz CT molecular complexity index is 506. The van der Waals surface area contributed by atoms with E-state index >= 15 is 0 Å². The first-order valence-corrected chi connectivity index (χ1v) is 5.03. The second kappa shape index (κ2) is 4.05. The summed E-state index contributed by atoms with van der Waals surface area (Å²) in [6.45, 7) is 0. The Labute approximate surface area is 97.9 Å². The van der Waals surface area contributed by atoms with Gasteiger partial charge >= 0.3 is 0 Å². The van der Waals surface area contributed by atoms with Crippen LogP contribution in [0.25, 0.3) is 11.5 Å². The molecule has 0 amide bonds. The molecule has 2 heterocycles. The van der Waals surface area contributed by atoms with Gasteiger partial charge in [0.15, 0.2) is 5.82 Å². The van der Waals surface area contributed by atoms with Crippen molar-refractivity contribution in [3.05, 3.63) is 17.5 Å². The third-order valence-corrected chi connectivity index (χ3v) is 2.22. The normalized spacial score (nSPS) is 10.5. The Morgan fingerprint density at radius 1 is 1.25 bits per heavy atom. The van der Waals surface area contributed by atoms with Gasteiger partial charge in [0.1, 0.15) is 5.69 Å². The van der Waals surface area contributed by atoms with Gasteiger partial charge in [-0.1, -0.05) is 0 Å². The molecule has 0 aliphatic heterocycles.